The Morgan fingerprint density at radius 2 is 2.21 bits per heavy atom. The Morgan fingerprint density at radius 3 is 2.84 bits per heavy atom. The van der Waals surface area contributed by atoms with Gasteiger partial charge < -0.3 is 15.0 Å². The minimum absolute atomic E-state index is 0.0498. The van der Waals surface area contributed by atoms with E-state index in [1.807, 2.05) is 13.8 Å². The Kier molecular flexibility index (Phi) is 4.74. The number of halogens is 1. The van der Waals surface area contributed by atoms with Crippen molar-refractivity contribution in [2.24, 2.45) is 0 Å². The molecule has 0 spiro atoms. The summed E-state index contributed by atoms with van der Waals surface area (Å²) in [7, 11) is 0. The molecule has 2 heterocycles. The molecule has 0 aromatic carbocycles. The first-order chi connectivity index (χ1) is 9.04. The van der Waals surface area contributed by atoms with Crippen molar-refractivity contribution in [2.45, 2.75) is 26.1 Å². The monoisotopic (exact) mass is 284 g/mol. The molecule has 0 saturated carbocycles. The van der Waals surface area contributed by atoms with Crippen molar-refractivity contribution in [1.29, 1.82) is 0 Å². The fraction of sp³-hybridized carbons (Fsp3) is 0.538. The predicted octanol–water partition coefficient (Wildman–Crippen LogP) is 0.366. The number of ether oxygens (including phenoxy) is 1. The molecule has 1 aromatic rings. The highest BCUT2D eigenvalue weighted by Crippen LogP contribution is 2.16. The number of amides is 1. The van der Waals surface area contributed by atoms with Gasteiger partial charge >= 0.3 is 0 Å². The third-order valence-electron chi connectivity index (χ3n) is 3.06. The third-order valence-corrected chi connectivity index (χ3v) is 3.36. The molecule has 2 N–H and O–H groups in total. The van der Waals surface area contributed by atoms with Gasteiger partial charge in [-0.1, -0.05) is 11.6 Å². The second-order valence-corrected chi connectivity index (χ2v) is 5.34. The zero-order valence-corrected chi connectivity index (χ0v) is 11.9. The maximum Gasteiger partial charge on any atom is 0.279 e. The zero-order valence-electron chi connectivity index (χ0n) is 11.1. The number of morpholine rings is 1. The van der Waals surface area contributed by atoms with E-state index < -0.39 is 0 Å². The molecule has 19 heavy (non-hydrogen) atoms. The Morgan fingerprint density at radius 1 is 1.53 bits per heavy atom. The van der Waals surface area contributed by atoms with Crippen molar-refractivity contribution in [1.82, 2.24) is 4.98 Å². The van der Waals surface area contributed by atoms with E-state index in [4.69, 9.17) is 16.3 Å². The van der Waals surface area contributed by atoms with E-state index in [0.29, 0.717) is 17.4 Å². The molecule has 2 rings (SSSR count). The summed E-state index contributed by atoms with van der Waals surface area (Å²) < 4.78 is 5.65. The Balaban J connectivity index is 1.89. The average Bonchev–Trinajstić information content (AvgIpc) is 2.30. The van der Waals surface area contributed by atoms with Crippen LogP contribution < -0.4 is 10.2 Å². The number of nitrogens with zero attached hydrogens (tertiary/aromatic N) is 1. The maximum atomic E-state index is 12.0. The van der Waals surface area contributed by atoms with E-state index in [0.717, 1.165) is 13.1 Å². The first-order valence-corrected chi connectivity index (χ1v) is 6.82. The number of rotatable bonds is 3. The molecule has 0 radical (unpaired) electrons. The van der Waals surface area contributed by atoms with Crippen LogP contribution in [0.2, 0.25) is 5.15 Å². The molecule has 1 saturated heterocycles. The number of carbonyl (C=O) groups excluding carboxylic acids is 1. The van der Waals surface area contributed by atoms with E-state index in [1.54, 1.807) is 18.3 Å². The van der Waals surface area contributed by atoms with E-state index >= 15 is 0 Å². The second kappa shape index (κ2) is 6.32. The van der Waals surface area contributed by atoms with Crippen LogP contribution in [0.15, 0.2) is 18.3 Å². The Bertz CT molecular complexity index is 445. The largest absolute Gasteiger partial charge is 0.364 e. The molecule has 104 valence electrons. The van der Waals surface area contributed by atoms with E-state index in [2.05, 4.69) is 10.3 Å². The SMILES string of the molecule is C[C@@H]1C[NH+](CC(=O)Nc2cccnc2Cl)C[C@H](C)O1. The summed E-state index contributed by atoms with van der Waals surface area (Å²) in [5.74, 6) is -0.0498. The molecule has 3 atom stereocenters. The average molecular weight is 285 g/mol. The standard InChI is InChI=1S/C13H18ClN3O2/c1-9-6-17(7-10(2)19-9)8-12(18)16-11-4-3-5-15-13(11)14/h3-5,9-10H,6-8H2,1-2H3,(H,16,18)/p+1/t9-,10+. The van der Waals surface area contributed by atoms with Crippen LogP contribution in [-0.2, 0) is 9.53 Å². The first kappa shape index (κ1) is 14.2. The number of hydrogen-bond acceptors (Lipinski definition) is 3. The van der Waals surface area contributed by atoms with Crippen molar-refractivity contribution in [3.63, 3.8) is 0 Å². The number of quaternary nitrogens is 1. The van der Waals surface area contributed by atoms with Gasteiger partial charge in [-0.3, -0.25) is 4.79 Å². The van der Waals surface area contributed by atoms with Crippen LogP contribution in [0, 0.1) is 0 Å². The number of carbonyl (C=O) groups is 1. The van der Waals surface area contributed by atoms with Gasteiger partial charge in [-0.2, -0.15) is 0 Å². The topological polar surface area (TPSA) is 55.7 Å². The molecule has 6 heteroatoms. The molecule has 1 aromatic heterocycles. The van der Waals surface area contributed by atoms with Crippen LogP contribution in [0.1, 0.15) is 13.8 Å². The summed E-state index contributed by atoms with van der Waals surface area (Å²) in [4.78, 5) is 17.1. The summed E-state index contributed by atoms with van der Waals surface area (Å²) >= 11 is 5.90. The van der Waals surface area contributed by atoms with Gasteiger partial charge in [-0.25, -0.2) is 4.98 Å². The molecule has 1 fully saturated rings. The zero-order chi connectivity index (χ0) is 13.8. The number of hydrogen-bond donors (Lipinski definition) is 2. The minimum atomic E-state index is -0.0498. The molecule has 0 aliphatic carbocycles. The number of anilines is 1. The molecule has 1 amide bonds. The number of nitrogens with one attached hydrogen (secondary N) is 2. The van der Waals surface area contributed by atoms with E-state index in [-0.39, 0.29) is 18.1 Å². The van der Waals surface area contributed by atoms with Crippen molar-refractivity contribution in [2.75, 3.05) is 25.0 Å². The van der Waals surface area contributed by atoms with Gasteiger partial charge in [0.05, 0.1) is 5.69 Å². The lowest BCUT2D eigenvalue weighted by atomic mass is 10.2. The normalized spacial score (nSPS) is 27.0. The molecule has 5 nitrogen and oxygen atoms in total. The lowest BCUT2D eigenvalue weighted by Gasteiger charge is -2.31. The second-order valence-electron chi connectivity index (χ2n) is 4.98. The summed E-state index contributed by atoms with van der Waals surface area (Å²) in [5.41, 5.74) is 0.558. The van der Waals surface area contributed by atoms with Gasteiger partial charge in [0.25, 0.3) is 5.91 Å². The minimum Gasteiger partial charge on any atom is -0.364 e. The summed E-state index contributed by atoms with van der Waals surface area (Å²) in [5, 5.41) is 3.11. The van der Waals surface area contributed by atoms with Gasteiger partial charge in [0.15, 0.2) is 11.7 Å². The molecule has 0 bridgehead atoms. The Hall–Kier alpha value is -1.17. The van der Waals surface area contributed by atoms with Crippen LogP contribution in [-0.4, -0.2) is 42.7 Å². The Labute approximate surface area is 117 Å². The fourth-order valence-electron chi connectivity index (χ4n) is 2.43. The van der Waals surface area contributed by atoms with Gasteiger partial charge in [-0.05, 0) is 26.0 Å². The quantitative estimate of drug-likeness (QED) is 0.789. The van der Waals surface area contributed by atoms with Crippen molar-refractivity contribution in [3.8, 4) is 0 Å². The first-order valence-electron chi connectivity index (χ1n) is 6.44. The maximum absolute atomic E-state index is 12.0. The molecular weight excluding hydrogens is 266 g/mol. The van der Waals surface area contributed by atoms with Crippen LogP contribution in [0.4, 0.5) is 5.69 Å². The van der Waals surface area contributed by atoms with Crippen LogP contribution in [0.3, 0.4) is 0 Å². The summed E-state index contributed by atoms with van der Waals surface area (Å²) in [6, 6.07) is 3.49. The van der Waals surface area contributed by atoms with Gasteiger partial charge in [0.2, 0.25) is 0 Å². The lowest BCUT2D eigenvalue weighted by molar-refractivity contribution is -0.907. The highest BCUT2D eigenvalue weighted by molar-refractivity contribution is 6.32. The molecule has 1 unspecified atom stereocenters. The fourth-order valence-corrected chi connectivity index (χ4v) is 2.60. The van der Waals surface area contributed by atoms with Crippen molar-refractivity contribution in [3.05, 3.63) is 23.5 Å². The predicted molar refractivity (Wildman–Crippen MR) is 73.4 cm³/mol. The van der Waals surface area contributed by atoms with Crippen LogP contribution >= 0.6 is 11.6 Å². The van der Waals surface area contributed by atoms with E-state index in [9.17, 15) is 4.79 Å². The number of pyridine rings is 1. The van der Waals surface area contributed by atoms with Crippen LogP contribution in [0.25, 0.3) is 0 Å². The molecular formula is C13H19ClN3O2+. The highest BCUT2D eigenvalue weighted by atomic mass is 35.5. The van der Waals surface area contributed by atoms with Gasteiger partial charge in [-0.15, -0.1) is 0 Å². The smallest absolute Gasteiger partial charge is 0.279 e. The highest BCUT2D eigenvalue weighted by Gasteiger charge is 2.27. The molecule has 1 aliphatic rings. The van der Waals surface area contributed by atoms with E-state index in [1.165, 1.54) is 4.90 Å². The van der Waals surface area contributed by atoms with Crippen molar-refractivity contribution < 1.29 is 14.4 Å². The lowest BCUT2D eigenvalue weighted by Crippen LogP contribution is -3.16. The molecule has 1 aliphatic heterocycles. The number of aromatic nitrogens is 1. The van der Waals surface area contributed by atoms with Gasteiger partial charge in [0.1, 0.15) is 25.3 Å². The summed E-state index contributed by atoms with van der Waals surface area (Å²) in [6.07, 6.45) is 1.97. The third kappa shape index (κ3) is 4.16. The van der Waals surface area contributed by atoms with Crippen molar-refractivity contribution >= 4 is 23.2 Å². The summed E-state index contributed by atoms with van der Waals surface area (Å²) in [6.45, 7) is 6.18. The van der Waals surface area contributed by atoms with Crippen LogP contribution in [0.5, 0.6) is 0 Å². The van der Waals surface area contributed by atoms with Gasteiger partial charge in [0, 0.05) is 6.20 Å².